The molecule has 7 heavy (non-hydrogen) atoms. The third-order valence-electron chi connectivity index (χ3n) is 1.48. The van der Waals surface area contributed by atoms with Crippen molar-refractivity contribution in [3.8, 4) is 0 Å². The van der Waals surface area contributed by atoms with Crippen molar-refractivity contribution < 1.29 is 0 Å². The zero-order valence-electron chi connectivity index (χ0n) is 4.41. The minimum Gasteiger partial charge on any atom is -0.158 e. The molecule has 0 aromatic rings. The van der Waals surface area contributed by atoms with Gasteiger partial charge in [0.2, 0.25) is 0 Å². The monoisotopic (exact) mass is 180 g/mol. The topological polar surface area (TPSA) is 0 Å². The van der Waals surface area contributed by atoms with E-state index in [2.05, 4.69) is 22.2 Å². The Kier molecular flexibility index (Phi) is 1.68. The molecule has 1 saturated carbocycles. The van der Waals surface area contributed by atoms with E-state index in [0.717, 1.165) is 0 Å². The fourth-order valence-corrected chi connectivity index (χ4v) is 2.40. The van der Waals surface area contributed by atoms with E-state index in [1.807, 2.05) is 11.8 Å². The predicted octanol–water partition coefficient (Wildman–Crippen LogP) is 2.28. The fraction of sp³-hybridized carbons (Fsp3) is 1.00. The molecule has 2 heteroatoms. The highest BCUT2D eigenvalue weighted by atomic mass is 79.9. The summed E-state index contributed by atoms with van der Waals surface area (Å²) < 4.78 is 0.667. The molecule has 0 N–H and O–H groups in total. The summed E-state index contributed by atoms with van der Waals surface area (Å²) in [6, 6.07) is 0. The predicted molar refractivity (Wildman–Crippen MR) is 39.3 cm³/mol. The van der Waals surface area contributed by atoms with Gasteiger partial charge in [-0.1, -0.05) is 15.9 Å². The van der Waals surface area contributed by atoms with Crippen molar-refractivity contribution >= 4 is 27.7 Å². The molecule has 42 valence electrons. The Morgan fingerprint density at radius 3 is 2.29 bits per heavy atom. The van der Waals surface area contributed by atoms with Crippen molar-refractivity contribution in [1.29, 1.82) is 0 Å². The molecule has 1 fully saturated rings. The van der Waals surface area contributed by atoms with Crippen molar-refractivity contribution in [2.45, 2.75) is 17.6 Å². The average molecular weight is 181 g/mol. The SMILES string of the molecule is CSC1(CBr)CC1. The lowest BCUT2D eigenvalue weighted by molar-refractivity contribution is 1.09. The minimum atomic E-state index is 0.667. The molecule has 0 amide bonds. The number of thioether (sulfide) groups is 1. The number of halogens is 1. The summed E-state index contributed by atoms with van der Waals surface area (Å²) in [5, 5.41) is 1.18. The molecule has 0 aromatic heterocycles. The lowest BCUT2D eigenvalue weighted by Gasteiger charge is -2.03. The van der Waals surface area contributed by atoms with Crippen LogP contribution in [0.3, 0.4) is 0 Å². The number of hydrogen-bond donors (Lipinski definition) is 0. The quantitative estimate of drug-likeness (QED) is 0.589. The molecule has 0 aromatic carbocycles. The van der Waals surface area contributed by atoms with E-state index in [0.29, 0.717) is 4.75 Å². The molecule has 0 bridgehead atoms. The van der Waals surface area contributed by atoms with Crippen LogP contribution in [-0.2, 0) is 0 Å². The van der Waals surface area contributed by atoms with Crippen LogP contribution >= 0.6 is 27.7 Å². The van der Waals surface area contributed by atoms with Crippen LogP contribution < -0.4 is 0 Å². The van der Waals surface area contributed by atoms with Gasteiger partial charge in [-0.05, 0) is 19.1 Å². The standard InChI is InChI=1S/C5H9BrS/c1-7-5(4-6)2-3-5/h2-4H2,1H3. The number of alkyl halides is 1. The van der Waals surface area contributed by atoms with Crippen LogP contribution in [0.25, 0.3) is 0 Å². The van der Waals surface area contributed by atoms with E-state index in [4.69, 9.17) is 0 Å². The molecular formula is C5H9BrS. The van der Waals surface area contributed by atoms with Crippen LogP contribution in [0.5, 0.6) is 0 Å². The Bertz CT molecular complexity index is 62.5. The molecule has 0 saturated heterocycles. The van der Waals surface area contributed by atoms with E-state index in [-0.39, 0.29) is 0 Å². The van der Waals surface area contributed by atoms with Gasteiger partial charge in [-0.3, -0.25) is 0 Å². The first kappa shape index (κ1) is 5.96. The zero-order valence-corrected chi connectivity index (χ0v) is 6.81. The van der Waals surface area contributed by atoms with E-state index in [1.165, 1.54) is 18.2 Å². The minimum absolute atomic E-state index is 0.667. The summed E-state index contributed by atoms with van der Waals surface area (Å²) in [4.78, 5) is 0. The van der Waals surface area contributed by atoms with Crippen molar-refractivity contribution in [1.82, 2.24) is 0 Å². The van der Waals surface area contributed by atoms with Crippen molar-refractivity contribution in [2.24, 2.45) is 0 Å². The molecule has 0 aliphatic heterocycles. The Morgan fingerprint density at radius 2 is 2.29 bits per heavy atom. The second kappa shape index (κ2) is 1.98. The molecule has 0 unspecified atom stereocenters. The van der Waals surface area contributed by atoms with Gasteiger partial charge in [0.25, 0.3) is 0 Å². The van der Waals surface area contributed by atoms with Gasteiger partial charge >= 0.3 is 0 Å². The molecule has 1 rings (SSSR count). The van der Waals surface area contributed by atoms with Crippen LogP contribution in [-0.4, -0.2) is 16.3 Å². The first-order valence-electron chi connectivity index (χ1n) is 2.44. The zero-order chi connectivity index (χ0) is 5.33. The van der Waals surface area contributed by atoms with E-state index in [1.54, 1.807) is 0 Å². The third kappa shape index (κ3) is 1.14. The van der Waals surface area contributed by atoms with E-state index < -0.39 is 0 Å². The van der Waals surface area contributed by atoms with Gasteiger partial charge in [-0.2, -0.15) is 11.8 Å². The first-order chi connectivity index (χ1) is 3.33. The molecule has 1 aliphatic rings. The Balaban J connectivity index is 2.28. The maximum absolute atomic E-state index is 3.47. The summed E-state index contributed by atoms with van der Waals surface area (Å²) in [6.45, 7) is 0. The Hall–Kier alpha value is 0.830. The highest BCUT2D eigenvalue weighted by molar-refractivity contribution is 9.09. The second-order valence-corrected chi connectivity index (χ2v) is 3.86. The molecule has 0 radical (unpaired) electrons. The first-order valence-corrected chi connectivity index (χ1v) is 4.79. The van der Waals surface area contributed by atoms with Gasteiger partial charge in [0.05, 0.1) is 0 Å². The van der Waals surface area contributed by atoms with Gasteiger partial charge in [0.1, 0.15) is 0 Å². The second-order valence-electron chi connectivity index (χ2n) is 2.02. The molecule has 0 heterocycles. The van der Waals surface area contributed by atoms with Crippen molar-refractivity contribution in [2.75, 3.05) is 11.6 Å². The van der Waals surface area contributed by atoms with Gasteiger partial charge in [0.15, 0.2) is 0 Å². The highest BCUT2D eigenvalue weighted by Gasteiger charge is 2.40. The maximum Gasteiger partial charge on any atom is 0.0255 e. The largest absolute Gasteiger partial charge is 0.158 e. The molecule has 1 aliphatic carbocycles. The Labute approximate surface area is 57.2 Å². The van der Waals surface area contributed by atoms with Crippen LogP contribution in [0.1, 0.15) is 12.8 Å². The number of hydrogen-bond acceptors (Lipinski definition) is 1. The molecular weight excluding hydrogens is 172 g/mol. The van der Waals surface area contributed by atoms with Crippen molar-refractivity contribution in [3.63, 3.8) is 0 Å². The summed E-state index contributed by atoms with van der Waals surface area (Å²) >= 11 is 5.46. The summed E-state index contributed by atoms with van der Waals surface area (Å²) in [7, 11) is 0. The lowest BCUT2D eigenvalue weighted by atomic mass is 10.5. The fourth-order valence-electron chi connectivity index (χ4n) is 0.532. The summed E-state index contributed by atoms with van der Waals surface area (Å²) in [5.41, 5.74) is 0. The third-order valence-corrected chi connectivity index (χ3v) is 4.35. The Morgan fingerprint density at radius 1 is 1.71 bits per heavy atom. The summed E-state index contributed by atoms with van der Waals surface area (Å²) in [5.74, 6) is 0. The normalized spacial score (nSPS) is 24.9. The van der Waals surface area contributed by atoms with Crippen molar-refractivity contribution in [3.05, 3.63) is 0 Å². The van der Waals surface area contributed by atoms with E-state index >= 15 is 0 Å². The molecule has 0 atom stereocenters. The van der Waals surface area contributed by atoms with Crippen LogP contribution in [0.2, 0.25) is 0 Å². The smallest absolute Gasteiger partial charge is 0.0255 e. The average Bonchev–Trinajstić information content (AvgIpc) is 2.46. The van der Waals surface area contributed by atoms with Gasteiger partial charge in [-0.15, -0.1) is 0 Å². The van der Waals surface area contributed by atoms with Gasteiger partial charge < -0.3 is 0 Å². The number of rotatable bonds is 2. The van der Waals surface area contributed by atoms with Gasteiger partial charge in [0, 0.05) is 10.1 Å². The van der Waals surface area contributed by atoms with Crippen LogP contribution in [0.15, 0.2) is 0 Å². The highest BCUT2D eigenvalue weighted by Crippen LogP contribution is 2.48. The van der Waals surface area contributed by atoms with E-state index in [9.17, 15) is 0 Å². The van der Waals surface area contributed by atoms with Gasteiger partial charge in [-0.25, -0.2) is 0 Å². The van der Waals surface area contributed by atoms with Crippen LogP contribution in [0.4, 0.5) is 0 Å². The summed E-state index contributed by atoms with van der Waals surface area (Å²) in [6.07, 6.45) is 5.02. The lowest BCUT2D eigenvalue weighted by Crippen LogP contribution is -2.00. The maximum atomic E-state index is 3.47. The van der Waals surface area contributed by atoms with Crippen LogP contribution in [0, 0.1) is 0 Å². The molecule has 0 nitrogen and oxygen atoms in total. The molecule has 0 spiro atoms.